The Kier molecular flexibility index (Phi) is 5.05. The van der Waals surface area contributed by atoms with Gasteiger partial charge in [0.25, 0.3) is 5.69 Å². The van der Waals surface area contributed by atoms with Crippen molar-refractivity contribution in [3.63, 3.8) is 0 Å². The molecule has 1 fully saturated rings. The van der Waals surface area contributed by atoms with Crippen LogP contribution in [0.1, 0.15) is 18.4 Å². The Labute approximate surface area is 127 Å². The highest BCUT2D eigenvalue weighted by molar-refractivity contribution is 6.39. The van der Waals surface area contributed by atoms with Gasteiger partial charge in [-0.3, -0.25) is 19.7 Å². The first-order valence-electron chi connectivity index (χ1n) is 6.93. The summed E-state index contributed by atoms with van der Waals surface area (Å²) in [7, 11) is 0. The summed E-state index contributed by atoms with van der Waals surface area (Å²) in [5.41, 5.74) is 0.720. The molecule has 118 valence electrons. The van der Waals surface area contributed by atoms with Crippen molar-refractivity contribution < 1.29 is 19.2 Å². The number of rotatable bonds is 4. The van der Waals surface area contributed by atoms with E-state index >= 15 is 0 Å². The molecule has 2 N–H and O–H groups in total. The van der Waals surface area contributed by atoms with Gasteiger partial charge in [-0.25, -0.2) is 0 Å². The zero-order valence-electron chi connectivity index (χ0n) is 12.1. The smallest absolute Gasteiger partial charge is 0.313 e. The van der Waals surface area contributed by atoms with Crippen LogP contribution in [0.3, 0.4) is 0 Å². The van der Waals surface area contributed by atoms with Crippen molar-refractivity contribution in [2.75, 3.05) is 18.5 Å². The first kappa shape index (κ1) is 15.9. The molecule has 0 aromatic heterocycles. The number of aryl methyl sites for hydroxylation is 1. The number of ether oxygens (including phenoxy) is 1. The van der Waals surface area contributed by atoms with Gasteiger partial charge in [-0.2, -0.15) is 0 Å². The zero-order valence-corrected chi connectivity index (χ0v) is 12.1. The Morgan fingerprint density at radius 3 is 2.82 bits per heavy atom. The number of amides is 2. The number of benzene rings is 1. The number of anilines is 1. The number of nitrogens with zero attached hydrogens (tertiary/aromatic N) is 1. The molecule has 2 rings (SSSR count). The van der Waals surface area contributed by atoms with E-state index in [0.717, 1.165) is 12.8 Å². The van der Waals surface area contributed by atoms with Crippen molar-refractivity contribution in [1.29, 1.82) is 0 Å². The molecule has 8 nitrogen and oxygen atoms in total. The molecule has 0 unspecified atom stereocenters. The highest BCUT2D eigenvalue weighted by atomic mass is 16.6. The number of nitrogens with one attached hydrogen (secondary N) is 2. The minimum atomic E-state index is -0.860. The summed E-state index contributed by atoms with van der Waals surface area (Å²) < 4.78 is 5.34. The van der Waals surface area contributed by atoms with E-state index in [1.165, 1.54) is 18.2 Å². The van der Waals surface area contributed by atoms with Crippen molar-refractivity contribution >= 4 is 23.2 Å². The molecule has 0 spiro atoms. The van der Waals surface area contributed by atoms with E-state index in [9.17, 15) is 19.7 Å². The Hall–Kier alpha value is -2.48. The maximum absolute atomic E-state index is 11.8. The van der Waals surface area contributed by atoms with E-state index < -0.39 is 16.7 Å². The van der Waals surface area contributed by atoms with Gasteiger partial charge in [0.15, 0.2) is 0 Å². The lowest BCUT2D eigenvalue weighted by Crippen LogP contribution is -2.39. The van der Waals surface area contributed by atoms with Crippen LogP contribution >= 0.6 is 0 Å². The van der Waals surface area contributed by atoms with E-state index in [0.29, 0.717) is 12.2 Å². The van der Waals surface area contributed by atoms with Crippen molar-refractivity contribution in [3.05, 3.63) is 33.9 Å². The quantitative estimate of drug-likeness (QED) is 0.492. The predicted octanol–water partition coefficient (Wildman–Crippen LogP) is 1.14. The molecule has 0 saturated carbocycles. The maximum atomic E-state index is 11.8. The molecular formula is C14H17N3O5. The minimum Gasteiger partial charge on any atom is -0.376 e. The summed E-state index contributed by atoms with van der Waals surface area (Å²) in [6.07, 6.45) is 1.74. The van der Waals surface area contributed by atoms with Crippen LogP contribution in [0.5, 0.6) is 0 Å². The molecule has 0 bridgehead atoms. The number of nitro benzene ring substituents is 1. The lowest BCUT2D eigenvalue weighted by Gasteiger charge is -2.11. The van der Waals surface area contributed by atoms with E-state index in [4.69, 9.17) is 4.74 Å². The molecule has 1 aliphatic heterocycles. The average Bonchev–Trinajstić information content (AvgIpc) is 3.00. The number of hydrogen-bond acceptors (Lipinski definition) is 5. The molecule has 1 aromatic rings. The van der Waals surface area contributed by atoms with Gasteiger partial charge >= 0.3 is 11.8 Å². The van der Waals surface area contributed by atoms with Crippen molar-refractivity contribution in [3.8, 4) is 0 Å². The van der Waals surface area contributed by atoms with Crippen LogP contribution < -0.4 is 10.6 Å². The summed E-state index contributed by atoms with van der Waals surface area (Å²) in [5.74, 6) is -1.65. The summed E-state index contributed by atoms with van der Waals surface area (Å²) in [5, 5.41) is 15.6. The fourth-order valence-electron chi connectivity index (χ4n) is 2.13. The van der Waals surface area contributed by atoms with Crippen molar-refractivity contribution in [2.45, 2.75) is 25.9 Å². The highest BCUT2D eigenvalue weighted by Gasteiger charge is 2.20. The Morgan fingerprint density at radius 2 is 2.18 bits per heavy atom. The third kappa shape index (κ3) is 4.01. The molecular weight excluding hydrogens is 290 g/mol. The molecule has 1 heterocycles. The average molecular weight is 307 g/mol. The van der Waals surface area contributed by atoms with Gasteiger partial charge in [-0.15, -0.1) is 0 Å². The van der Waals surface area contributed by atoms with Gasteiger partial charge in [-0.1, -0.05) is 6.07 Å². The number of hydrogen-bond donors (Lipinski definition) is 2. The molecule has 22 heavy (non-hydrogen) atoms. The predicted molar refractivity (Wildman–Crippen MR) is 78.4 cm³/mol. The number of non-ortho nitro benzene ring substituents is 1. The fraction of sp³-hybridized carbons (Fsp3) is 0.429. The lowest BCUT2D eigenvalue weighted by atomic mass is 10.2. The first-order chi connectivity index (χ1) is 10.5. The maximum Gasteiger partial charge on any atom is 0.313 e. The molecule has 1 aliphatic rings. The van der Waals surface area contributed by atoms with Crippen LogP contribution in [0.15, 0.2) is 18.2 Å². The molecule has 2 amide bonds. The standard InChI is InChI=1S/C14H17N3O5/c1-9-4-5-10(17(20)21)7-12(9)16-14(19)13(18)15-8-11-3-2-6-22-11/h4-5,7,11H,2-3,6,8H2,1H3,(H,15,18)(H,16,19)/t11-/m1/s1. The van der Waals surface area contributed by atoms with E-state index in [1.54, 1.807) is 6.92 Å². The topological polar surface area (TPSA) is 111 Å². The summed E-state index contributed by atoms with van der Waals surface area (Å²) in [6.45, 7) is 2.63. The summed E-state index contributed by atoms with van der Waals surface area (Å²) >= 11 is 0. The summed E-state index contributed by atoms with van der Waals surface area (Å²) in [6, 6.07) is 4.07. The van der Waals surface area contributed by atoms with Gasteiger partial charge in [0.1, 0.15) is 0 Å². The van der Waals surface area contributed by atoms with Crippen LogP contribution in [-0.2, 0) is 14.3 Å². The number of carbonyl (C=O) groups is 2. The zero-order chi connectivity index (χ0) is 16.1. The molecule has 8 heteroatoms. The number of nitro groups is 1. The second kappa shape index (κ2) is 6.99. The van der Waals surface area contributed by atoms with Crippen LogP contribution in [0, 0.1) is 17.0 Å². The second-order valence-corrected chi connectivity index (χ2v) is 5.06. The highest BCUT2D eigenvalue weighted by Crippen LogP contribution is 2.21. The van der Waals surface area contributed by atoms with Gasteiger partial charge in [0, 0.05) is 25.3 Å². The fourth-order valence-corrected chi connectivity index (χ4v) is 2.13. The molecule has 1 atom stereocenters. The van der Waals surface area contributed by atoms with Crippen LogP contribution in [-0.4, -0.2) is 36.0 Å². The van der Waals surface area contributed by atoms with E-state index in [2.05, 4.69) is 10.6 Å². The molecule has 0 aliphatic carbocycles. The molecule has 1 saturated heterocycles. The van der Waals surface area contributed by atoms with E-state index in [-0.39, 0.29) is 24.0 Å². The number of carbonyl (C=O) groups excluding carboxylic acids is 2. The minimum absolute atomic E-state index is 0.0590. The second-order valence-electron chi connectivity index (χ2n) is 5.06. The van der Waals surface area contributed by atoms with Crippen molar-refractivity contribution in [1.82, 2.24) is 5.32 Å². The van der Waals surface area contributed by atoms with Gasteiger partial charge < -0.3 is 15.4 Å². The normalized spacial score (nSPS) is 17.0. The van der Waals surface area contributed by atoms with Gasteiger partial charge in [-0.05, 0) is 25.3 Å². The van der Waals surface area contributed by atoms with Crippen LogP contribution in [0.25, 0.3) is 0 Å². The third-order valence-corrected chi connectivity index (χ3v) is 3.40. The van der Waals surface area contributed by atoms with Crippen molar-refractivity contribution in [2.24, 2.45) is 0 Å². The monoisotopic (exact) mass is 307 g/mol. The van der Waals surface area contributed by atoms with Gasteiger partial charge in [0.2, 0.25) is 0 Å². The molecule has 1 aromatic carbocycles. The lowest BCUT2D eigenvalue weighted by molar-refractivity contribution is -0.384. The Morgan fingerprint density at radius 1 is 1.41 bits per heavy atom. The molecule has 0 radical (unpaired) electrons. The largest absolute Gasteiger partial charge is 0.376 e. The van der Waals surface area contributed by atoms with Crippen LogP contribution in [0.2, 0.25) is 0 Å². The first-order valence-corrected chi connectivity index (χ1v) is 6.93. The Balaban J connectivity index is 1.94. The van der Waals surface area contributed by atoms with E-state index in [1.807, 2.05) is 0 Å². The Bertz CT molecular complexity index is 596. The van der Waals surface area contributed by atoms with Gasteiger partial charge in [0.05, 0.1) is 16.7 Å². The summed E-state index contributed by atoms with van der Waals surface area (Å²) in [4.78, 5) is 33.7. The van der Waals surface area contributed by atoms with Crippen LogP contribution in [0.4, 0.5) is 11.4 Å². The third-order valence-electron chi connectivity index (χ3n) is 3.40. The SMILES string of the molecule is Cc1ccc([N+](=O)[O-])cc1NC(=O)C(=O)NC[C@H]1CCCO1.